The molecule has 0 bridgehead atoms. The van der Waals surface area contributed by atoms with Gasteiger partial charge in [0.2, 0.25) is 5.91 Å². The molecule has 0 aliphatic carbocycles. The van der Waals surface area contributed by atoms with Crippen LogP contribution in [0.2, 0.25) is 0 Å². The van der Waals surface area contributed by atoms with E-state index in [2.05, 4.69) is 4.74 Å². The van der Waals surface area contributed by atoms with Crippen LogP contribution in [0, 0.1) is 5.92 Å². The van der Waals surface area contributed by atoms with E-state index in [1.807, 2.05) is 0 Å². The van der Waals surface area contributed by atoms with Crippen LogP contribution in [0.15, 0.2) is 0 Å². The summed E-state index contributed by atoms with van der Waals surface area (Å²) in [5.41, 5.74) is 0. The summed E-state index contributed by atoms with van der Waals surface area (Å²) in [6.45, 7) is 5.04. The molecule has 1 unspecified atom stereocenters. The third-order valence-electron chi connectivity index (χ3n) is 2.62. The lowest BCUT2D eigenvalue weighted by atomic mass is 10.2. The van der Waals surface area contributed by atoms with Crippen molar-refractivity contribution in [1.82, 2.24) is 4.90 Å². The Bertz CT molecular complexity index is 402. The summed E-state index contributed by atoms with van der Waals surface area (Å²) >= 11 is 0. The van der Waals surface area contributed by atoms with Gasteiger partial charge in [0.1, 0.15) is 5.75 Å². The van der Waals surface area contributed by atoms with E-state index in [9.17, 15) is 18.0 Å². The molecular formula is C11H21NO5S. The molecule has 0 radical (unpaired) electrons. The van der Waals surface area contributed by atoms with Crippen LogP contribution in [0.3, 0.4) is 0 Å². The number of ether oxygens (including phenoxy) is 1. The van der Waals surface area contributed by atoms with E-state index in [4.69, 9.17) is 0 Å². The fraction of sp³-hybridized carbons (Fsp3) is 0.818. The van der Waals surface area contributed by atoms with Crippen molar-refractivity contribution in [2.24, 2.45) is 5.92 Å². The molecule has 7 heteroatoms. The van der Waals surface area contributed by atoms with Crippen LogP contribution in [0.1, 0.15) is 20.8 Å². The largest absolute Gasteiger partial charge is 0.469 e. The second-order valence-electron chi connectivity index (χ2n) is 4.58. The Labute approximate surface area is 108 Å². The highest BCUT2D eigenvalue weighted by molar-refractivity contribution is 7.92. The number of amides is 1. The highest BCUT2D eigenvalue weighted by Gasteiger charge is 2.26. The molecule has 1 atom stereocenters. The van der Waals surface area contributed by atoms with E-state index in [1.54, 1.807) is 20.9 Å². The Morgan fingerprint density at radius 1 is 1.22 bits per heavy atom. The third kappa shape index (κ3) is 5.48. The van der Waals surface area contributed by atoms with Gasteiger partial charge in [-0.25, -0.2) is 8.42 Å². The number of sulfone groups is 1. The molecule has 0 aromatic heterocycles. The highest BCUT2D eigenvalue weighted by atomic mass is 32.2. The van der Waals surface area contributed by atoms with Gasteiger partial charge >= 0.3 is 5.97 Å². The molecule has 0 N–H and O–H groups in total. The molecule has 0 heterocycles. The number of carbonyl (C=O) groups excluding carboxylic acids is 2. The molecule has 0 aliphatic heterocycles. The summed E-state index contributed by atoms with van der Waals surface area (Å²) in [5, 5.41) is 0. The van der Waals surface area contributed by atoms with Crippen LogP contribution >= 0.6 is 0 Å². The first-order valence-electron chi connectivity index (χ1n) is 5.64. The van der Waals surface area contributed by atoms with E-state index in [1.165, 1.54) is 18.9 Å². The first kappa shape index (κ1) is 16.9. The van der Waals surface area contributed by atoms with Gasteiger partial charge in [0.25, 0.3) is 0 Å². The van der Waals surface area contributed by atoms with Crippen LogP contribution in [0.4, 0.5) is 0 Å². The number of esters is 1. The van der Waals surface area contributed by atoms with E-state index >= 15 is 0 Å². The van der Waals surface area contributed by atoms with Crippen LogP contribution in [0.25, 0.3) is 0 Å². The normalized spacial score (nSPS) is 13.2. The molecule has 0 saturated heterocycles. The van der Waals surface area contributed by atoms with Gasteiger partial charge in [-0.2, -0.15) is 0 Å². The zero-order chi connectivity index (χ0) is 14.5. The van der Waals surface area contributed by atoms with Gasteiger partial charge in [0.05, 0.1) is 18.8 Å². The van der Waals surface area contributed by atoms with Crippen molar-refractivity contribution >= 4 is 21.7 Å². The molecule has 106 valence electrons. The number of hydrogen-bond acceptors (Lipinski definition) is 5. The van der Waals surface area contributed by atoms with E-state index < -0.39 is 33.4 Å². The SMILES string of the molecule is COC(=O)C(C)CS(=O)(=O)CC(=O)N(C)C(C)C. The number of rotatable bonds is 6. The van der Waals surface area contributed by atoms with Crippen molar-refractivity contribution in [1.29, 1.82) is 0 Å². The van der Waals surface area contributed by atoms with Gasteiger partial charge in [-0.3, -0.25) is 9.59 Å². The maximum absolute atomic E-state index is 11.7. The summed E-state index contributed by atoms with van der Waals surface area (Å²) in [7, 11) is -0.860. The summed E-state index contributed by atoms with van der Waals surface area (Å²) in [6.07, 6.45) is 0. The van der Waals surface area contributed by atoms with Gasteiger partial charge in [-0.15, -0.1) is 0 Å². The maximum atomic E-state index is 11.7. The van der Waals surface area contributed by atoms with E-state index in [0.29, 0.717) is 0 Å². The summed E-state index contributed by atoms with van der Waals surface area (Å²) in [5.74, 6) is -2.79. The predicted molar refractivity (Wildman–Crippen MR) is 67.7 cm³/mol. The van der Waals surface area contributed by atoms with Gasteiger partial charge in [-0.05, 0) is 13.8 Å². The van der Waals surface area contributed by atoms with E-state index in [-0.39, 0.29) is 11.8 Å². The number of methoxy groups -OCH3 is 1. The van der Waals surface area contributed by atoms with Gasteiger partial charge in [0, 0.05) is 13.1 Å². The third-order valence-corrected chi connectivity index (χ3v) is 4.31. The van der Waals surface area contributed by atoms with Crippen LogP contribution in [-0.4, -0.2) is 56.9 Å². The lowest BCUT2D eigenvalue weighted by Gasteiger charge is -2.21. The second kappa shape index (κ2) is 6.72. The van der Waals surface area contributed by atoms with Crippen molar-refractivity contribution in [3.63, 3.8) is 0 Å². The average molecular weight is 279 g/mol. The van der Waals surface area contributed by atoms with E-state index in [0.717, 1.165) is 0 Å². The molecular weight excluding hydrogens is 258 g/mol. The van der Waals surface area contributed by atoms with Crippen LogP contribution in [-0.2, 0) is 24.2 Å². The lowest BCUT2D eigenvalue weighted by Crippen LogP contribution is -2.38. The minimum absolute atomic E-state index is 0.0641. The van der Waals surface area contributed by atoms with Gasteiger partial charge in [0.15, 0.2) is 9.84 Å². The first-order chi connectivity index (χ1) is 8.10. The Morgan fingerprint density at radius 2 is 1.72 bits per heavy atom. The Hall–Kier alpha value is -1.11. The minimum Gasteiger partial charge on any atom is -0.469 e. The molecule has 0 aromatic carbocycles. The van der Waals surface area contributed by atoms with Crippen molar-refractivity contribution in [3.05, 3.63) is 0 Å². The molecule has 0 saturated carbocycles. The predicted octanol–water partition coefficient (Wildman–Crippen LogP) is 0.0771. The first-order valence-corrected chi connectivity index (χ1v) is 7.46. The maximum Gasteiger partial charge on any atom is 0.309 e. The van der Waals surface area contributed by atoms with Gasteiger partial charge < -0.3 is 9.64 Å². The molecule has 0 aliphatic rings. The topological polar surface area (TPSA) is 80.8 Å². The molecule has 0 rings (SSSR count). The smallest absolute Gasteiger partial charge is 0.309 e. The molecule has 0 spiro atoms. The zero-order valence-corrected chi connectivity index (χ0v) is 12.3. The standard InChI is InChI=1S/C11H21NO5S/c1-8(2)12(4)10(13)7-18(15,16)6-9(3)11(14)17-5/h8-9H,6-7H2,1-5H3. The number of nitrogens with zero attached hydrogens (tertiary/aromatic N) is 1. The molecule has 0 aromatic rings. The van der Waals surface area contributed by atoms with Crippen molar-refractivity contribution in [2.75, 3.05) is 25.7 Å². The Morgan fingerprint density at radius 3 is 2.11 bits per heavy atom. The van der Waals surface area contributed by atoms with Crippen molar-refractivity contribution in [3.8, 4) is 0 Å². The average Bonchev–Trinajstić information content (AvgIpc) is 2.24. The zero-order valence-electron chi connectivity index (χ0n) is 11.5. The number of hydrogen-bond donors (Lipinski definition) is 0. The minimum atomic E-state index is -3.61. The molecule has 1 amide bonds. The van der Waals surface area contributed by atoms with Crippen molar-refractivity contribution in [2.45, 2.75) is 26.8 Å². The summed E-state index contributed by atoms with van der Waals surface area (Å²) in [6, 6.07) is -0.0641. The fourth-order valence-electron chi connectivity index (χ4n) is 1.29. The quantitative estimate of drug-likeness (QED) is 0.643. The molecule has 0 fully saturated rings. The van der Waals surface area contributed by atoms with Crippen LogP contribution < -0.4 is 0 Å². The molecule has 6 nitrogen and oxygen atoms in total. The number of carbonyl (C=O) groups is 2. The summed E-state index contributed by atoms with van der Waals surface area (Å²) < 4.78 is 27.9. The van der Waals surface area contributed by atoms with Crippen molar-refractivity contribution < 1.29 is 22.7 Å². The molecule has 18 heavy (non-hydrogen) atoms. The fourth-order valence-corrected chi connectivity index (χ4v) is 2.88. The van der Waals surface area contributed by atoms with Gasteiger partial charge in [-0.1, -0.05) is 6.92 Å². The Balaban J connectivity index is 4.59. The lowest BCUT2D eigenvalue weighted by molar-refractivity contribution is -0.144. The highest BCUT2D eigenvalue weighted by Crippen LogP contribution is 2.06. The summed E-state index contributed by atoms with van der Waals surface area (Å²) in [4.78, 5) is 24.1. The monoisotopic (exact) mass is 279 g/mol. The Kier molecular flexibility index (Phi) is 6.31. The second-order valence-corrected chi connectivity index (χ2v) is 6.69. The van der Waals surface area contributed by atoms with Crippen LogP contribution in [0.5, 0.6) is 0 Å².